The highest BCUT2D eigenvalue weighted by Gasteiger charge is 2.40. The first-order valence-electron chi connectivity index (χ1n) is 7.31. The van der Waals surface area contributed by atoms with Crippen molar-refractivity contribution in [3.63, 3.8) is 0 Å². The molecule has 0 bridgehead atoms. The summed E-state index contributed by atoms with van der Waals surface area (Å²) in [6.45, 7) is 2.13. The van der Waals surface area contributed by atoms with E-state index in [1.807, 2.05) is 6.07 Å². The van der Waals surface area contributed by atoms with Gasteiger partial charge in [-0.25, -0.2) is 0 Å². The molecule has 0 amide bonds. The quantitative estimate of drug-likeness (QED) is 0.824. The van der Waals surface area contributed by atoms with Crippen LogP contribution in [-0.2, 0) is 10.2 Å². The van der Waals surface area contributed by atoms with Crippen molar-refractivity contribution in [3.8, 4) is 6.07 Å². The highest BCUT2D eigenvalue weighted by molar-refractivity contribution is 7.86. The Morgan fingerprint density at radius 3 is 2.38 bits per heavy atom. The molecule has 2 fully saturated rings. The molecule has 2 aliphatic heterocycles. The largest absolute Gasteiger partial charge is 0.282 e. The van der Waals surface area contributed by atoms with Gasteiger partial charge in [0, 0.05) is 32.4 Å². The van der Waals surface area contributed by atoms with E-state index in [-0.39, 0.29) is 6.04 Å². The molecule has 1 aromatic heterocycles. The molecule has 0 radical (unpaired) electrons. The van der Waals surface area contributed by atoms with Crippen LogP contribution in [0.15, 0.2) is 12.4 Å². The minimum Gasteiger partial charge on any atom is -0.266 e. The van der Waals surface area contributed by atoms with Crippen LogP contribution < -0.4 is 0 Å². The monoisotopic (exact) mass is 309 g/mol. The molecule has 0 atom stereocenters. The topological polar surface area (TPSA) is 82.2 Å². The molecular weight excluding hydrogens is 290 g/mol. The Bertz CT molecular complexity index is 634. The van der Waals surface area contributed by atoms with E-state index < -0.39 is 10.2 Å². The van der Waals surface area contributed by atoms with Crippen LogP contribution in [-0.4, -0.2) is 53.0 Å². The van der Waals surface area contributed by atoms with Crippen LogP contribution in [0.5, 0.6) is 0 Å². The summed E-state index contributed by atoms with van der Waals surface area (Å²) in [5.74, 6) is 0. The van der Waals surface area contributed by atoms with Gasteiger partial charge in [0.15, 0.2) is 0 Å². The first-order chi connectivity index (χ1) is 10.1. The van der Waals surface area contributed by atoms with Crippen molar-refractivity contribution < 1.29 is 8.42 Å². The molecule has 0 N–H and O–H groups in total. The lowest BCUT2D eigenvalue weighted by Gasteiger charge is -2.40. The Hall–Kier alpha value is -1.43. The van der Waals surface area contributed by atoms with Crippen LogP contribution in [0.25, 0.3) is 0 Å². The normalized spacial score (nSPS) is 22.4. The molecule has 3 heterocycles. The van der Waals surface area contributed by atoms with E-state index >= 15 is 0 Å². The van der Waals surface area contributed by atoms with Crippen LogP contribution in [0.3, 0.4) is 0 Å². The third-order valence-electron chi connectivity index (χ3n) is 4.15. The van der Waals surface area contributed by atoms with Crippen molar-refractivity contribution in [2.24, 2.45) is 0 Å². The summed E-state index contributed by atoms with van der Waals surface area (Å²) in [5.41, 5.74) is 0.504. The molecule has 0 aromatic carbocycles. The van der Waals surface area contributed by atoms with E-state index in [1.165, 1.54) is 10.5 Å². The fraction of sp³-hybridized carbons (Fsp3) is 0.692. The average molecular weight is 309 g/mol. The number of nitriles is 1. The second kappa shape index (κ2) is 5.75. The van der Waals surface area contributed by atoms with Crippen LogP contribution in [0, 0.1) is 11.3 Å². The zero-order chi connectivity index (χ0) is 14.9. The summed E-state index contributed by atoms with van der Waals surface area (Å²) in [6.07, 6.45) is 7.28. The Morgan fingerprint density at radius 1 is 1.14 bits per heavy atom. The van der Waals surface area contributed by atoms with E-state index in [0.717, 1.165) is 25.7 Å². The maximum Gasteiger partial charge on any atom is 0.282 e. The summed E-state index contributed by atoms with van der Waals surface area (Å²) < 4.78 is 29.9. The molecular formula is C13H19N5O2S. The molecule has 0 unspecified atom stereocenters. The smallest absolute Gasteiger partial charge is 0.266 e. The van der Waals surface area contributed by atoms with E-state index in [0.29, 0.717) is 31.7 Å². The average Bonchev–Trinajstić information content (AvgIpc) is 2.70. The Kier molecular flexibility index (Phi) is 3.97. The predicted molar refractivity (Wildman–Crippen MR) is 76.5 cm³/mol. The number of rotatable bonds is 3. The Balaban J connectivity index is 1.63. The summed E-state index contributed by atoms with van der Waals surface area (Å²) >= 11 is 0. The molecule has 3 rings (SSSR count). The fourth-order valence-corrected chi connectivity index (χ4v) is 4.57. The number of hydrogen-bond acceptors (Lipinski definition) is 4. The standard InChI is InChI=1S/C13H19N5O2S/c14-7-12-8-15-18(9-12)13-10-17(11-13)21(19,20)16-5-3-1-2-4-6-16/h8-9,13H,1-6,10-11H2. The molecule has 2 aliphatic rings. The van der Waals surface area contributed by atoms with Crippen molar-refractivity contribution in [1.29, 1.82) is 5.26 Å². The highest BCUT2D eigenvalue weighted by atomic mass is 32.2. The van der Waals surface area contributed by atoms with Gasteiger partial charge in [-0.1, -0.05) is 12.8 Å². The van der Waals surface area contributed by atoms with Crippen molar-refractivity contribution in [1.82, 2.24) is 18.4 Å². The van der Waals surface area contributed by atoms with Gasteiger partial charge >= 0.3 is 0 Å². The Labute approximate surface area is 124 Å². The zero-order valence-electron chi connectivity index (χ0n) is 11.8. The summed E-state index contributed by atoms with van der Waals surface area (Å²) in [7, 11) is -3.33. The van der Waals surface area contributed by atoms with Crippen molar-refractivity contribution in [2.45, 2.75) is 31.7 Å². The van der Waals surface area contributed by atoms with Crippen LogP contribution in [0.1, 0.15) is 37.3 Å². The molecule has 7 nitrogen and oxygen atoms in total. The third-order valence-corrected chi connectivity index (χ3v) is 6.12. The van der Waals surface area contributed by atoms with Crippen LogP contribution in [0.2, 0.25) is 0 Å². The maximum absolute atomic E-state index is 12.5. The molecule has 114 valence electrons. The molecule has 2 saturated heterocycles. The summed E-state index contributed by atoms with van der Waals surface area (Å²) in [4.78, 5) is 0. The zero-order valence-corrected chi connectivity index (χ0v) is 12.7. The van der Waals surface area contributed by atoms with E-state index in [4.69, 9.17) is 5.26 Å². The van der Waals surface area contributed by atoms with Crippen molar-refractivity contribution in [2.75, 3.05) is 26.2 Å². The number of hydrogen-bond donors (Lipinski definition) is 0. The van der Waals surface area contributed by atoms with Crippen molar-refractivity contribution >= 4 is 10.2 Å². The van der Waals surface area contributed by atoms with Gasteiger partial charge in [-0.3, -0.25) is 4.68 Å². The van der Waals surface area contributed by atoms with E-state index in [9.17, 15) is 8.42 Å². The highest BCUT2D eigenvalue weighted by Crippen LogP contribution is 2.27. The minimum absolute atomic E-state index is 0.0360. The first kappa shape index (κ1) is 14.5. The lowest BCUT2D eigenvalue weighted by atomic mass is 10.2. The van der Waals surface area contributed by atoms with Gasteiger partial charge < -0.3 is 0 Å². The second-order valence-electron chi connectivity index (χ2n) is 5.61. The SMILES string of the molecule is N#Cc1cnn(C2CN(S(=O)(=O)N3CCCCCC3)C2)c1. The van der Waals surface area contributed by atoms with Crippen LogP contribution >= 0.6 is 0 Å². The molecule has 8 heteroatoms. The molecule has 0 spiro atoms. The van der Waals surface area contributed by atoms with Gasteiger partial charge in [0.25, 0.3) is 10.2 Å². The molecule has 0 aliphatic carbocycles. The fourth-order valence-electron chi connectivity index (χ4n) is 2.80. The summed E-state index contributed by atoms with van der Waals surface area (Å²) in [6, 6.07) is 2.06. The second-order valence-corrected chi connectivity index (χ2v) is 7.54. The Morgan fingerprint density at radius 2 is 1.81 bits per heavy atom. The van der Waals surface area contributed by atoms with Gasteiger partial charge in [-0.05, 0) is 12.8 Å². The van der Waals surface area contributed by atoms with Crippen LogP contribution in [0.4, 0.5) is 0 Å². The minimum atomic E-state index is -3.33. The predicted octanol–water partition coefficient (Wildman–Crippen LogP) is 0.732. The molecule has 21 heavy (non-hydrogen) atoms. The van der Waals surface area contributed by atoms with Gasteiger partial charge in [0.2, 0.25) is 0 Å². The van der Waals surface area contributed by atoms with Gasteiger partial charge in [0.05, 0.1) is 17.8 Å². The summed E-state index contributed by atoms with van der Waals surface area (Å²) in [5, 5.41) is 12.9. The van der Waals surface area contributed by atoms with Gasteiger partial charge in [0.1, 0.15) is 6.07 Å². The van der Waals surface area contributed by atoms with E-state index in [1.54, 1.807) is 15.2 Å². The third kappa shape index (κ3) is 2.81. The lowest BCUT2D eigenvalue weighted by Crippen LogP contribution is -2.55. The molecule has 0 saturated carbocycles. The molecule has 1 aromatic rings. The maximum atomic E-state index is 12.5. The number of aromatic nitrogens is 2. The van der Waals surface area contributed by atoms with E-state index in [2.05, 4.69) is 5.10 Å². The van der Waals surface area contributed by atoms with Gasteiger partial charge in [-0.15, -0.1) is 0 Å². The number of nitrogens with zero attached hydrogens (tertiary/aromatic N) is 5. The first-order valence-corrected chi connectivity index (χ1v) is 8.70. The lowest BCUT2D eigenvalue weighted by molar-refractivity contribution is 0.178. The van der Waals surface area contributed by atoms with Gasteiger partial charge in [-0.2, -0.15) is 27.4 Å². The van der Waals surface area contributed by atoms with Crippen molar-refractivity contribution in [3.05, 3.63) is 18.0 Å².